The van der Waals surface area contributed by atoms with Gasteiger partial charge in [0.25, 0.3) is 0 Å². The fourth-order valence-electron chi connectivity index (χ4n) is 3.27. The molecule has 3 rings (SSSR count). The first kappa shape index (κ1) is 15.3. The van der Waals surface area contributed by atoms with Gasteiger partial charge in [-0.15, -0.1) is 0 Å². The number of likely N-dealkylation sites (tertiary alicyclic amines) is 1. The average molecular weight is 300 g/mol. The van der Waals surface area contributed by atoms with E-state index in [2.05, 4.69) is 50.4 Å². The van der Waals surface area contributed by atoms with Crippen molar-refractivity contribution in [2.24, 2.45) is 4.99 Å². The van der Waals surface area contributed by atoms with Crippen LogP contribution < -0.4 is 5.32 Å². The van der Waals surface area contributed by atoms with Crippen molar-refractivity contribution in [1.29, 1.82) is 0 Å². The summed E-state index contributed by atoms with van der Waals surface area (Å²) in [4.78, 5) is 9.66. The highest BCUT2D eigenvalue weighted by Crippen LogP contribution is 2.10. The maximum atomic E-state index is 4.63. The first-order chi connectivity index (χ1) is 10.9. The molecule has 0 atom stereocenters. The van der Waals surface area contributed by atoms with E-state index in [-0.39, 0.29) is 0 Å². The van der Waals surface area contributed by atoms with Gasteiger partial charge in [0.1, 0.15) is 0 Å². The second kappa shape index (κ2) is 8.18. The van der Waals surface area contributed by atoms with Crippen LogP contribution in [0.4, 0.5) is 0 Å². The number of hydrogen-bond donors (Lipinski definition) is 1. The largest absolute Gasteiger partial charge is 0.352 e. The first-order valence-electron chi connectivity index (χ1n) is 8.71. The number of benzene rings is 1. The molecule has 1 aromatic rings. The van der Waals surface area contributed by atoms with Crippen LogP contribution in [-0.2, 0) is 6.54 Å². The maximum Gasteiger partial charge on any atom is 0.194 e. The van der Waals surface area contributed by atoms with Crippen LogP contribution in [0.5, 0.6) is 0 Å². The van der Waals surface area contributed by atoms with E-state index in [1.54, 1.807) is 0 Å². The summed E-state index contributed by atoms with van der Waals surface area (Å²) in [5, 5.41) is 3.51. The van der Waals surface area contributed by atoms with E-state index < -0.39 is 0 Å². The Kier molecular flexibility index (Phi) is 5.71. The van der Waals surface area contributed by atoms with Gasteiger partial charge in [-0.3, -0.25) is 4.99 Å². The first-order valence-corrected chi connectivity index (χ1v) is 8.71. The Hall–Kier alpha value is -1.55. The van der Waals surface area contributed by atoms with Crippen LogP contribution in [0, 0.1) is 0 Å². The van der Waals surface area contributed by atoms with Gasteiger partial charge in [0.15, 0.2) is 5.96 Å². The fraction of sp³-hybridized carbons (Fsp3) is 0.611. The number of nitrogens with zero attached hydrogens (tertiary/aromatic N) is 3. The Morgan fingerprint density at radius 1 is 0.909 bits per heavy atom. The molecule has 0 radical (unpaired) electrons. The highest BCUT2D eigenvalue weighted by Gasteiger charge is 2.18. The number of guanidine groups is 1. The second-order valence-electron chi connectivity index (χ2n) is 6.29. The molecule has 0 bridgehead atoms. The van der Waals surface area contributed by atoms with E-state index in [0.717, 1.165) is 32.1 Å². The summed E-state index contributed by atoms with van der Waals surface area (Å²) in [6, 6.07) is 10.5. The second-order valence-corrected chi connectivity index (χ2v) is 6.29. The van der Waals surface area contributed by atoms with Gasteiger partial charge >= 0.3 is 0 Å². The summed E-state index contributed by atoms with van der Waals surface area (Å²) in [7, 11) is 0. The predicted molar refractivity (Wildman–Crippen MR) is 92.1 cm³/mol. The minimum Gasteiger partial charge on any atom is -0.352 e. The third kappa shape index (κ3) is 4.47. The zero-order chi connectivity index (χ0) is 15.0. The zero-order valence-electron chi connectivity index (χ0n) is 13.5. The summed E-state index contributed by atoms with van der Waals surface area (Å²) in [5.41, 5.74) is 1.31. The zero-order valence-corrected chi connectivity index (χ0v) is 13.5. The lowest BCUT2D eigenvalue weighted by atomic mass is 10.2. The van der Waals surface area contributed by atoms with Crippen LogP contribution in [-0.4, -0.2) is 55.0 Å². The summed E-state index contributed by atoms with van der Waals surface area (Å²) in [6.45, 7) is 7.67. The van der Waals surface area contributed by atoms with Crippen molar-refractivity contribution >= 4 is 5.96 Å². The standard InChI is InChI=1S/C18H28N4/c1-2-7-12-21(11-6-1)14-15-22-13-10-19-18(22)20-16-17-8-4-3-5-9-17/h3-5,8-9H,1-2,6-7,10-16H2,(H,19,20). The normalized spacial score (nSPS) is 19.8. The molecule has 2 heterocycles. The molecule has 1 aromatic carbocycles. The molecule has 22 heavy (non-hydrogen) atoms. The van der Waals surface area contributed by atoms with Gasteiger partial charge in [0.2, 0.25) is 0 Å². The molecule has 0 unspecified atom stereocenters. The van der Waals surface area contributed by atoms with E-state index in [1.165, 1.54) is 50.9 Å². The minimum absolute atomic E-state index is 0.861. The SMILES string of the molecule is c1ccc(CNC2=NCCN2CCN2CCCCCC2)cc1. The Bertz CT molecular complexity index is 463. The average Bonchev–Trinajstić information content (AvgIpc) is 2.85. The van der Waals surface area contributed by atoms with Crippen molar-refractivity contribution in [3.8, 4) is 0 Å². The Labute approximate surface area is 134 Å². The third-order valence-corrected chi connectivity index (χ3v) is 4.61. The van der Waals surface area contributed by atoms with Crippen LogP contribution in [0.2, 0.25) is 0 Å². The third-order valence-electron chi connectivity index (χ3n) is 4.61. The molecule has 1 saturated heterocycles. The van der Waals surface area contributed by atoms with Gasteiger partial charge < -0.3 is 15.1 Å². The number of hydrogen-bond acceptors (Lipinski definition) is 4. The molecule has 4 heteroatoms. The van der Waals surface area contributed by atoms with Crippen LogP contribution in [0.25, 0.3) is 0 Å². The highest BCUT2D eigenvalue weighted by atomic mass is 15.3. The van der Waals surface area contributed by atoms with Gasteiger partial charge in [-0.25, -0.2) is 0 Å². The Balaban J connectivity index is 1.44. The van der Waals surface area contributed by atoms with Crippen LogP contribution in [0.15, 0.2) is 35.3 Å². The van der Waals surface area contributed by atoms with E-state index in [1.807, 2.05) is 0 Å². The van der Waals surface area contributed by atoms with Crippen LogP contribution in [0.1, 0.15) is 31.2 Å². The number of aliphatic imine (C=N–C) groups is 1. The monoisotopic (exact) mass is 300 g/mol. The molecule has 2 aliphatic rings. The van der Waals surface area contributed by atoms with Gasteiger partial charge in [0.05, 0.1) is 6.54 Å². The maximum absolute atomic E-state index is 4.63. The molecule has 2 aliphatic heterocycles. The molecule has 0 aliphatic carbocycles. The summed E-state index contributed by atoms with van der Waals surface area (Å²) in [5.74, 6) is 1.08. The molecule has 1 fully saturated rings. The van der Waals surface area contributed by atoms with Gasteiger partial charge in [-0.1, -0.05) is 43.2 Å². The quantitative estimate of drug-likeness (QED) is 0.905. The molecule has 120 valence electrons. The lowest BCUT2D eigenvalue weighted by Gasteiger charge is -2.26. The summed E-state index contributed by atoms with van der Waals surface area (Å²) >= 11 is 0. The van der Waals surface area contributed by atoms with Crippen molar-refractivity contribution in [2.45, 2.75) is 32.2 Å². The van der Waals surface area contributed by atoms with Crippen LogP contribution in [0.3, 0.4) is 0 Å². The van der Waals surface area contributed by atoms with Crippen molar-refractivity contribution in [2.75, 3.05) is 39.3 Å². The Morgan fingerprint density at radius 3 is 2.45 bits per heavy atom. The molecule has 0 aromatic heterocycles. The van der Waals surface area contributed by atoms with Gasteiger partial charge in [0, 0.05) is 26.2 Å². The van der Waals surface area contributed by atoms with Gasteiger partial charge in [-0.05, 0) is 31.5 Å². The lowest BCUT2D eigenvalue weighted by Crippen LogP contribution is -2.42. The molecular formula is C18H28N4. The van der Waals surface area contributed by atoms with Crippen LogP contribution >= 0.6 is 0 Å². The van der Waals surface area contributed by atoms with E-state index in [0.29, 0.717) is 0 Å². The number of rotatable bonds is 5. The van der Waals surface area contributed by atoms with Crippen molar-refractivity contribution in [1.82, 2.24) is 15.1 Å². The molecular weight excluding hydrogens is 272 g/mol. The highest BCUT2D eigenvalue weighted by molar-refractivity contribution is 5.81. The predicted octanol–water partition coefficient (Wildman–Crippen LogP) is 2.32. The van der Waals surface area contributed by atoms with E-state index >= 15 is 0 Å². The fourth-order valence-corrected chi connectivity index (χ4v) is 3.27. The van der Waals surface area contributed by atoms with Crippen molar-refractivity contribution < 1.29 is 0 Å². The molecule has 0 saturated carbocycles. The minimum atomic E-state index is 0.861. The van der Waals surface area contributed by atoms with E-state index in [9.17, 15) is 0 Å². The van der Waals surface area contributed by atoms with E-state index in [4.69, 9.17) is 0 Å². The topological polar surface area (TPSA) is 30.9 Å². The Morgan fingerprint density at radius 2 is 1.68 bits per heavy atom. The molecule has 0 spiro atoms. The molecule has 1 N–H and O–H groups in total. The smallest absolute Gasteiger partial charge is 0.194 e. The lowest BCUT2D eigenvalue weighted by molar-refractivity contribution is 0.257. The van der Waals surface area contributed by atoms with Crippen molar-refractivity contribution in [3.63, 3.8) is 0 Å². The van der Waals surface area contributed by atoms with Gasteiger partial charge in [-0.2, -0.15) is 0 Å². The summed E-state index contributed by atoms with van der Waals surface area (Å²) < 4.78 is 0. The summed E-state index contributed by atoms with van der Waals surface area (Å²) in [6.07, 6.45) is 5.55. The molecule has 4 nitrogen and oxygen atoms in total. The molecule has 0 amide bonds. The van der Waals surface area contributed by atoms with Crippen molar-refractivity contribution in [3.05, 3.63) is 35.9 Å². The number of nitrogens with one attached hydrogen (secondary N) is 1.